The predicted octanol–water partition coefficient (Wildman–Crippen LogP) is 15.9. The lowest BCUT2D eigenvalue weighted by molar-refractivity contribution is -0.156. The van der Waals surface area contributed by atoms with E-state index in [9.17, 15) is 28.8 Å². The van der Waals surface area contributed by atoms with Crippen LogP contribution in [0.3, 0.4) is 0 Å². The molecule has 0 aromatic heterocycles. The molecule has 1 aromatic rings. The van der Waals surface area contributed by atoms with Gasteiger partial charge in [-0.15, -0.1) is 0 Å². The molecule has 1 fully saturated rings. The zero-order valence-corrected chi connectivity index (χ0v) is 60.2. The van der Waals surface area contributed by atoms with Crippen LogP contribution in [0.15, 0.2) is 24.3 Å². The van der Waals surface area contributed by atoms with Crippen LogP contribution in [0.2, 0.25) is 0 Å². The monoisotopic (exact) mass is 1300 g/mol. The van der Waals surface area contributed by atoms with E-state index in [1.54, 1.807) is 47.4 Å². The Bertz CT molecular complexity index is 1850. The molecular formula is C63H130O16S5. The lowest BCUT2D eigenvalue weighted by atomic mass is 9.91. The minimum Gasteiger partial charge on any atom is -0.508 e. The molecule has 0 aliphatic carbocycles. The van der Waals surface area contributed by atoms with Gasteiger partial charge in [0, 0.05) is 33.0 Å². The highest BCUT2D eigenvalue weighted by Crippen LogP contribution is 2.27. The Hall–Kier alpha value is -2.95. The van der Waals surface area contributed by atoms with E-state index >= 15 is 0 Å². The van der Waals surface area contributed by atoms with Gasteiger partial charge in [0.15, 0.2) is 0 Å². The summed E-state index contributed by atoms with van der Waals surface area (Å²) in [6.45, 7) is 40.6. The van der Waals surface area contributed by atoms with Gasteiger partial charge in [0.2, 0.25) is 4.38 Å². The Morgan fingerprint density at radius 3 is 1.00 bits per heavy atom. The van der Waals surface area contributed by atoms with Crippen molar-refractivity contribution in [2.45, 2.75) is 195 Å². The predicted molar refractivity (Wildman–Crippen MR) is 371 cm³/mol. The van der Waals surface area contributed by atoms with Crippen molar-refractivity contribution >= 4 is 99.5 Å². The first-order valence-corrected chi connectivity index (χ1v) is 34.8. The molecule has 0 radical (unpaired) electrons. The molecule has 2 unspecified atom stereocenters. The van der Waals surface area contributed by atoms with E-state index in [4.69, 9.17) is 60.7 Å². The number of hydrogen-bond donors (Lipinski definition) is 3. The number of aliphatic hydroxyl groups is 2. The summed E-state index contributed by atoms with van der Waals surface area (Å²) in [7, 11) is 0. The maximum absolute atomic E-state index is 11.6. The van der Waals surface area contributed by atoms with Crippen LogP contribution < -0.4 is 0 Å². The van der Waals surface area contributed by atoms with Crippen LogP contribution in [0, 0.1) is 32.5 Å². The van der Waals surface area contributed by atoms with Crippen LogP contribution in [-0.4, -0.2) is 156 Å². The number of thiocarbonyl (C=S) groups is 1. The van der Waals surface area contributed by atoms with Crippen molar-refractivity contribution in [3.05, 3.63) is 29.8 Å². The standard InChI is InChI=1S/C10H16O3S2.C10H14O.3C9H18O2S.2C8H16O3.7H2/c1-4-10(2,3)8(11)12-5-7-6-15-9(14)13-7;1-3-8(2)9-4-6-10(11)7-5-9;3*1-5-9(2,3)8(10)11-6-7-12-4;2*1-4-8(2,3)7(10)11-6-5-9;;;;;;;/h7H,4-6H2,1-3H3;4-8,11H,3H2,1-2H3;3*5-7H2,1-4H3;2*9H,4-6H2,1-3H3;7*1H. The summed E-state index contributed by atoms with van der Waals surface area (Å²) in [6.07, 6.45) is 11.8. The zero-order chi connectivity index (χ0) is 66.4. The van der Waals surface area contributed by atoms with Gasteiger partial charge < -0.3 is 48.5 Å². The second kappa shape index (κ2) is 50.0. The Morgan fingerprint density at radius 1 is 0.524 bits per heavy atom. The van der Waals surface area contributed by atoms with Crippen molar-refractivity contribution in [1.29, 1.82) is 0 Å². The second-order valence-corrected chi connectivity index (χ2v) is 27.9. The number of thioether (sulfide) groups is 4. The molecule has 1 aromatic carbocycles. The van der Waals surface area contributed by atoms with Crippen LogP contribution in [0.1, 0.15) is 205 Å². The Kier molecular flexibility index (Phi) is 53.4. The van der Waals surface area contributed by atoms with Crippen molar-refractivity contribution in [2.75, 3.05) is 94.6 Å². The number of esters is 6. The fourth-order valence-corrected chi connectivity index (χ4v) is 6.40. The Morgan fingerprint density at radius 2 is 0.786 bits per heavy atom. The van der Waals surface area contributed by atoms with Crippen molar-refractivity contribution in [1.82, 2.24) is 0 Å². The van der Waals surface area contributed by atoms with Crippen molar-refractivity contribution < 1.29 is 87.2 Å². The van der Waals surface area contributed by atoms with Gasteiger partial charge in [-0.2, -0.15) is 35.3 Å². The third kappa shape index (κ3) is 44.5. The second-order valence-electron chi connectivity index (χ2n) is 23.3. The molecule has 1 saturated heterocycles. The molecule has 0 amide bonds. The lowest BCUT2D eigenvalue weighted by Gasteiger charge is -2.21. The van der Waals surface area contributed by atoms with E-state index in [0.717, 1.165) is 68.0 Å². The number of carbonyl (C=O) groups is 6. The van der Waals surface area contributed by atoms with Crippen LogP contribution >= 0.6 is 59.3 Å². The van der Waals surface area contributed by atoms with Crippen molar-refractivity contribution in [3.8, 4) is 5.75 Å². The number of hydrogen-bond acceptors (Lipinski definition) is 21. The molecule has 84 heavy (non-hydrogen) atoms. The molecule has 1 aliphatic rings. The average Bonchev–Trinajstić information content (AvgIpc) is 4.15. The Balaban J connectivity index is -0.0000000792. The first-order valence-electron chi connectivity index (χ1n) is 29.2. The van der Waals surface area contributed by atoms with Gasteiger partial charge in [-0.05, 0) is 183 Å². The normalized spacial score (nSPS) is 13.3. The van der Waals surface area contributed by atoms with Gasteiger partial charge in [0.05, 0.1) is 45.7 Å². The number of rotatable bonds is 29. The number of benzene rings is 1. The van der Waals surface area contributed by atoms with Gasteiger partial charge in [-0.25, -0.2) is 0 Å². The number of phenols is 1. The van der Waals surface area contributed by atoms with Gasteiger partial charge in [0.1, 0.15) is 51.5 Å². The first kappa shape index (κ1) is 89.8. The number of aliphatic hydroxyl groups excluding tert-OH is 2. The number of aromatic hydroxyl groups is 1. The molecule has 1 heterocycles. The summed E-state index contributed by atoms with van der Waals surface area (Å²) in [5.74, 6) is 3.45. The summed E-state index contributed by atoms with van der Waals surface area (Å²) >= 11 is 11.4. The van der Waals surface area contributed by atoms with Crippen molar-refractivity contribution in [3.63, 3.8) is 0 Å². The molecule has 0 bridgehead atoms. The highest BCUT2D eigenvalue weighted by atomic mass is 32.2. The molecule has 2 atom stereocenters. The van der Waals surface area contributed by atoms with Gasteiger partial charge in [-0.3, -0.25) is 28.8 Å². The quantitative estimate of drug-likeness (QED) is 0.0293. The van der Waals surface area contributed by atoms with E-state index in [2.05, 4.69) is 13.8 Å². The molecule has 0 spiro atoms. The van der Waals surface area contributed by atoms with Crippen LogP contribution in [0.25, 0.3) is 0 Å². The van der Waals surface area contributed by atoms with Crippen molar-refractivity contribution in [2.24, 2.45) is 32.5 Å². The molecule has 3 N–H and O–H groups in total. The van der Waals surface area contributed by atoms with E-state index < -0.39 is 16.2 Å². The highest BCUT2D eigenvalue weighted by molar-refractivity contribution is 8.22. The summed E-state index contributed by atoms with van der Waals surface area (Å²) in [5, 5.41) is 25.8. The average molecular weight is 1300 g/mol. The zero-order valence-electron chi connectivity index (χ0n) is 56.1. The van der Waals surface area contributed by atoms with Crippen LogP contribution in [0.5, 0.6) is 5.75 Å². The summed E-state index contributed by atoms with van der Waals surface area (Å²) < 4.78 is 35.8. The number of ether oxygens (including phenoxy) is 7. The van der Waals surface area contributed by atoms with Gasteiger partial charge in [-0.1, -0.05) is 79.3 Å². The number of phenolic OH excluding ortho intramolecular Hbond substituents is 1. The molecular weight excluding hydrogens is 1170 g/mol. The molecule has 16 nitrogen and oxygen atoms in total. The fraction of sp³-hybridized carbons (Fsp3) is 0.794. The maximum atomic E-state index is 11.6. The van der Waals surface area contributed by atoms with Gasteiger partial charge in [0.25, 0.3) is 0 Å². The molecule has 0 saturated carbocycles. The molecule has 2 rings (SSSR count). The topological polar surface area (TPSA) is 228 Å². The third-order valence-electron chi connectivity index (χ3n) is 14.0. The smallest absolute Gasteiger partial charge is 0.311 e. The van der Waals surface area contributed by atoms with Gasteiger partial charge >= 0.3 is 35.8 Å². The van der Waals surface area contributed by atoms with E-state index in [1.807, 2.05) is 156 Å². The first-order chi connectivity index (χ1) is 38.9. The van der Waals surface area contributed by atoms with E-state index in [0.29, 0.717) is 42.5 Å². The van der Waals surface area contributed by atoms with E-state index in [-0.39, 0.29) is 94.6 Å². The molecule has 508 valence electrons. The molecule has 1 aliphatic heterocycles. The number of carbonyl (C=O) groups excluding carboxylic acids is 6. The minimum atomic E-state index is -0.421. The maximum Gasteiger partial charge on any atom is 0.311 e. The summed E-state index contributed by atoms with van der Waals surface area (Å²) in [6, 6.07) is 7.43. The highest BCUT2D eigenvalue weighted by Gasteiger charge is 2.32. The third-order valence-corrected chi connectivity index (χ3v) is 17.0. The molecule has 21 heteroatoms. The van der Waals surface area contributed by atoms with E-state index in [1.165, 1.54) is 17.3 Å². The lowest BCUT2D eigenvalue weighted by Crippen LogP contribution is -2.29. The summed E-state index contributed by atoms with van der Waals surface area (Å²) in [5.41, 5.74) is -0.920. The SMILES string of the molecule is CCC(C)(C)C(=O)OCC1CSC(=S)O1.CCC(C)(C)C(=O)OCCO.CCC(C)(C)C(=O)OCCO.CCC(C)(C)C(=O)OCCSC.CCC(C)(C)C(=O)OCCSC.CCC(C)(C)C(=O)OCCSC.CCC(C)c1ccc(O)cc1.[HH].[HH].[HH].[HH].[HH].[HH].[HH]. The fourth-order valence-electron chi connectivity index (χ4n) is 4.62. The Labute approximate surface area is 542 Å². The largest absolute Gasteiger partial charge is 0.508 e. The minimum absolute atomic E-state index is 0. The summed E-state index contributed by atoms with van der Waals surface area (Å²) in [4.78, 5) is 67.9. The van der Waals surface area contributed by atoms with Crippen LogP contribution in [-0.2, 0) is 61.9 Å². The van der Waals surface area contributed by atoms with Crippen LogP contribution in [0.4, 0.5) is 0 Å².